The fourth-order valence-corrected chi connectivity index (χ4v) is 2.73. The number of methoxy groups -OCH3 is 2. The number of hydrogen-bond donors (Lipinski definition) is 1. The number of nitrogen functional groups attached to an aromatic ring is 1. The molecular weight excluding hydrogens is 310 g/mol. The van der Waals surface area contributed by atoms with Crippen molar-refractivity contribution >= 4 is 17.6 Å². The first-order chi connectivity index (χ1) is 11.1. The molecule has 0 aliphatic rings. The van der Waals surface area contributed by atoms with Crippen molar-refractivity contribution < 1.29 is 9.47 Å². The van der Waals surface area contributed by atoms with Gasteiger partial charge in [0.1, 0.15) is 11.9 Å². The van der Waals surface area contributed by atoms with Crippen LogP contribution in [0.2, 0.25) is 0 Å². The first kappa shape index (κ1) is 17.0. The van der Waals surface area contributed by atoms with E-state index in [4.69, 9.17) is 15.2 Å². The van der Waals surface area contributed by atoms with Gasteiger partial charge in [-0.05, 0) is 48.3 Å². The molecule has 0 saturated heterocycles. The quantitative estimate of drug-likeness (QED) is 0.877. The molecule has 0 aliphatic carbocycles. The average molecular weight is 329 g/mol. The van der Waals surface area contributed by atoms with Crippen LogP contribution in [0.25, 0.3) is 11.3 Å². The van der Waals surface area contributed by atoms with Crippen molar-refractivity contribution in [2.75, 3.05) is 32.0 Å². The largest absolute Gasteiger partial charge is 0.493 e. The predicted octanol–water partition coefficient (Wildman–Crippen LogP) is 3.13. The van der Waals surface area contributed by atoms with E-state index >= 15 is 0 Å². The van der Waals surface area contributed by atoms with Crippen LogP contribution in [0.15, 0.2) is 24.3 Å². The van der Waals surface area contributed by atoms with Crippen LogP contribution in [0.5, 0.6) is 11.5 Å². The number of nitrogens with zero attached hydrogens (tertiary/aromatic N) is 2. The minimum atomic E-state index is 0.260. The maximum Gasteiger partial charge on any atom is 0.161 e. The number of rotatable bonds is 6. The molecule has 0 bridgehead atoms. The summed E-state index contributed by atoms with van der Waals surface area (Å²) < 4.78 is 10.6. The second-order valence-electron chi connectivity index (χ2n) is 4.85. The van der Waals surface area contributed by atoms with Gasteiger partial charge in [0.2, 0.25) is 0 Å². The molecule has 2 rings (SSSR count). The minimum Gasteiger partial charge on any atom is -0.493 e. The molecular formula is C17H19N3O2S. The van der Waals surface area contributed by atoms with E-state index in [9.17, 15) is 5.26 Å². The van der Waals surface area contributed by atoms with Crippen molar-refractivity contribution in [2.24, 2.45) is 0 Å². The number of ether oxygens (including phenoxy) is 2. The zero-order valence-electron chi connectivity index (χ0n) is 13.4. The Morgan fingerprint density at radius 3 is 2.57 bits per heavy atom. The lowest BCUT2D eigenvalue weighted by Crippen LogP contribution is -2.03. The van der Waals surface area contributed by atoms with Gasteiger partial charge in [0, 0.05) is 5.56 Å². The topological polar surface area (TPSA) is 81.2 Å². The van der Waals surface area contributed by atoms with E-state index in [1.807, 2.05) is 30.5 Å². The number of thioether (sulfide) groups is 1. The molecule has 0 aliphatic heterocycles. The Labute approximate surface area is 140 Å². The fraction of sp³-hybridized carbons (Fsp3) is 0.294. The highest BCUT2D eigenvalue weighted by Crippen LogP contribution is 2.33. The molecule has 6 heteroatoms. The van der Waals surface area contributed by atoms with E-state index in [-0.39, 0.29) is 5.82 Å². The lowest BCUT2D eigenvalue weighted by atomic mass is 10.0. The highest BCUT2D eigenvalue weighted by Gasteiger charge is 2.13. The van der Waals surface area contributed by atoms with Gasteiger partial charge in [-0.2, -0.15) is 17.0 Å². The van der Waals surface area contributed by atoms with Crippen LogP contribution >= 0.6 is 11.8 Å². The zero-order chi connectivity index (χ0) is 16.8. The smallest absolute Gasteiger partial charge is 0.161 e. The van der Waals surface area contributed by atoms with Gasteiger partial charge in [-0.15, -0.1) is 0 Å². The molecule has 2 aromatic rings. The molecule has 0 spiro atoms. The summed E-state index contributed by atoms with van der Waals surface area (Å²) in [4.78, 5) is 4.37. The molecule has 0 saturated carbocycles. The third-order valence-corrected chi connectivity index (χ3v) is 4.11. The molecule has 0 radical (unpaired) electrons. The second-order valence-corrected chi connectivity index (χ2v) is 5.84. The summed E-state index contributed by atoms with van der Waals surface area (Å²) in [6.45, 7) is 0. The fourth-order valence-electron chi connectivity index (χ4n) is 2.30. The Morgan fingerprint density at radius 1 is 1.22 bits per heavy atom. The Hall–Kier alpha value is -2.39. The van der Waals surface area contributed by atoms with E-state index in [0.29, 0.717) is 17.1 Å². The third kappa shape index (κ3) is 3.69. The van der Waals surface area contributed by atoms with E-state index < -0.39 is 0 Å². The number of pyridine rings is 1. The van der Waals surface area contributed by atoms with Gasteiger partial charge in [0.15, 0.2) is 11.5 Å². The second kappa shape index (κ2) is 7.75. The Morgan fingerprint density at radius 2 is 1.96 bits per heavy atom. The highest BCUT2D eigenvalue weighted by molar-refractivity contribution is 7.98. The molecule has 1 aromatic carbocycles. The van der Waals surface area contributed by atoms with Crippen LogP contribution in [0, 0.1) is 11.3 Å². The molecule has 0 fully saturated rings. The molecule has 5 nitrogen and oxygen atoms in total. The molecule has 1 heterocycles. The van der Waals surface area contributed by atoms with Crippen LogP contribution in [0.1, 0.15) is 11.1 Å². The Balaban J connectivity index is 2.51. The highest BCUT2D eigenvalue weighted by atomic mass is 32.2. The van der Waals surface area contributed by atoms with Gasteiger partial charge < -0.3 is 15.2 Å². The van der Waals surface area contributed by atoms with Gasteiger partial charge in [-0.3, -0.25) is 0 Å². The van der Waals surface area contributed by atoms with Gasteiger partial charge in [0.25, 0.3) is 0 Å². The number of anilines is 1. The van der Waals surface area contributed by atoms with Crippen LogP contribution in [-0.2, 0) is 6.42 Å². The van der Waals surface area contributed by atoms with Gasteiger partial charge in [-0.1, -0.05) is 0 Å². The number of hydrogen-bond acceptors (Lipinski definition) is 6. The lowest BCUT2D eigenvalue weighted by Gasteiger charge is -2.12. The predicted molar refractivity (Wildman–Crippen MR) is 94.0 cm³/mol. The molecule has 0 amide bonds. The van der Waals surface area contributed by atoms with Crippen molar-refractivity contribution in [3.8, 4) is 28.8 Å². The summed E-state index contributed by atoms with van der Waals surface area (Å²) in [5.41, 5.74) is 8.94. The molecule has 23 heavy (non-hydrogen) atoms. The number of benzene rings is 1. The van der Waals surface area contributed by atoms with Crippen LogP contribution in [-0.4, -0.2) is 31.2 Å². The number of aromatic nitrogens is 1. The summed E-state index contributed by atoms with van der Waals surface area (Å²) >= 11 is 1.73. The maximum absolute atomic E-state index is 9.30. The Kier molecular flexibility index (Phi) is 5.72. The number of aryl methyl sites for hydroxylation is 1. The van der Waals surface area contributed by atoms with Crippen LogP contribution in [0.3, 0.4) is 0 Å². The SMILES string of the molecule is COc1ccc(-c2cc(CCSC)c(C#N)c(N)n2)cc1OC. The van der Waals surface area contributed by atoms with Crippen molar-refractivity contribution in [3.05, 3.63) is 35.4 Å². The summed E-state index contributed by atoms with van der Waals surface area (Å²) in [6, 6.07) is 9.65. The lowest BCUT2D eigenvalue weighted by molar-refractivity contribution is 0.355. The number of nitrogens with two attached hydrogens (primary N) is 1. The zero-order valence-corrected chi connectivity index (χ0v) is 14.2. The summed E-state index contributed by atoms with van der Waals surface area (Å²) in [6.07, 6.45) is 2.81. The first-order valence-corrected chi connectivity index (χ1v) is 8.44. The molecule has 0 unspecified atom stereocenters. The summed E-state index contributed by atoms with van der Waals surface area (Å²) in [5.74, 6) is 2.46. The Bertz CT molecular complexity index is 741. The monoisotopic (exact) mass is 329 g/mol. The van der Waals surface area contributed by atoms with Crippen molar-refractivity contribution in [2.45, 2.75) is 6.42 Å². The maximum atomic E-state index is 9.30. The standard InChI is InChI=1S/C17H19N3O2S/c1-21-15-5-4-12(9-16(15)22-2)14-8-11(6-7-23-3)13(10-18)17(19)20-14/h4-5,8-9H,6-7H2,1-3H3,(H2,19,20). The molecule has 2 N–H and O–H groups in total. The van der Waals surface area contributed by atoms with Crippen molar-refractivity contribution in [3.63, 3.8) is 0 Å². The summed E-state index contributed by atoms with van der Waals surface area (Å²) in [5, 5.41) is 9.30. The normalized spacial score (nSPS) is 10.2. The molecule has 1 aromatic heterocycles. The van der Waals surface area contributed by atoms with Crippen LogP contribution in [0.4, 0.5) is 5.82 Å². The van der Waals surface area contributed by atoms with Crippen molar-refractivity contribution in [1.82, 2.24) is 4.98 Å². The third-order valence-electron chi connectivity index (χ3n) is 3.50. The first-order valence-electron chi connectivity index (χ1n) is 7.05. The van der Waals surface area contributed by atoms with E-state index in [1.165, 1.54) is 0 Å². The van der Waals surface area contributed by atoms with Gasteiger partial charge >= 0.3 is 0 Å². The average Bonchev–Trinajstić information content (AvgIpc) is 2.58. The molecule has 120 valence electrons. The van der Waals surface area contributed by atoms with Gasteiger partial charge in [-0.25, -0.2) is 4.98 Å². The van der Waals surface area contributed by atoms with Gasteiger partial charge in [0.05, 0.1) is 25.5 Å². The van der Waals surface area contributed by atoms with E-state index in [0.717, 1.165) is 29.0 Å². The molecule has 0 atom stereocenters. The van der Waals surface area contributed by atoms with E-state index in [1.54, 1.807) is 26.0 Å². The number of nitriles is 1. The van der Waals surface area contributed by atoms with Crippen LogP contribution < -0.4 is 15.2 Å². The van der Waals surface area contributed by atoms with Crippen molar-refractivity contribution in [1.29, 1.82) is 5.26 Å². The van der Waals surface area contributed by atoms with E-state index in [2.05, 4.69) is 11.1 Å². The summed E-state index contributed by atoms with van der Waals surface area (Å²) in [7, 11) is 3.18. The minimum absolute atomic E-state index is 0.260.